The largest absolute Gasteiger partial charge is 0.497 e. The number of methoxy groups -OCH3 is 1. The van der Waals surface area contributed by atoms with Crippen molar-refractivity contribution < 1.29 is 22.8 Å². The summed E-state index contributed by atoms with van der Waals surface area (Å²) in [6.07, 6.45) is 1.52. The number of ether oxygens (including phenoxy) is 1. The number of carbonyl (C=O) groups is 1. The van der Waals surface area contributed by atoms with Crippen LogP contribution in [0.2, 0.25) is 0 Å². The maximum Gasteiger partial charge on any atom is 0.291 e. The van der Waals surface area contributed by atoms with Crippen molar-refractivity contribution in [2.75, 3.05) is 7.11 Å². The molecule has 0 aliphatic carbocycles. The topological polar surface area (TPSA) is 72.9 Å². The molecule has 5 rings (SSSR count). The van der Waals surface area contributed by atoms with Crippen molar-refractivity contribution in [2.45, 2.75) is 12.6 Å². The lowest BCUT2D eigenvalue weighted by Gasteiger charge is -2.24. The van der Waals surface area contributed by atoms with Crippen molar-refractivity contribution in [2.24, 2.45) is 0 Å². The molecule has 3 heterocycles. The maximum absolute atomic E-state index is 13.8. The van der Waals surface area contributed by atoms with Gasteiger partial charge in [-0.1, -0.05) is 12.1 Å². The first kappa shape index (κ1) is 18.2. The summed E-state index contributed by atoms with van der Waals surface area (Å²) >= 11 is 0. The van der Waals surface area contributed by atoms with E-state index in [1.54, 1.807) is 36.4 Å². The summed E-state index contributed by atoms with van der Waals surface area (Å²) in [5, 5.41) is 0.0919. The van der Waals surface area contributed by atoms with Gasteiger partial charge in [0.25, 0.3) is 5.91 Å². The van der Waals surface area contributed by atoms with Crippen molar-refractivity contribution in [3.05, 3.63) is 99.5 Å². The lowest BCUT2D eigenvalue weighted by Crippen LogP contribution is -2.29. The van der Waals surface area contributed by atoms with Gasteiger partial charge in [0.05, 0.1) is 36.9 Å². The fourth-order valence-corrected chi connectivity index (χ4v) is 3.88. The van der Waals surface area contributed by atoms with E-state index in [4.69, 9.17) is 13.6 Å². The first-order valence-electron chi connectivity index (χ1n) is 9.30. The second-order valence-electron chi connectivity index (χ2n) is 7.01. The van der Waals surface area contributed by atoms with Crippen LogP contribution >= 0.6 is 0 Å². The van der Waals surface area contributed by atoms with E-state index in [-0.39, 0.29) is 28.8 Å². The molecular formula is C23H16FNO5. The quantitative estimate of drug-likeness (QED) is 0.507. The summed E-state index contributed by atoms with van der Waals surface area (Å²) in [6, 6.07) is 13.6. The molecule has 0 bridgehead atoms. The predicted molar refractivity (Wildman–Crippen MR) is 106 cm³/mol. The van der Waals surface area contributed by atoms with E-state index in [1.807, 2.05) is 0 Å². The lowest BCUT2D eigenvalue weighted by molar-refractivity contribution is 0.0701. The Bertz CT molecular complexity index is 1330. The van der Waals surface area contributed by atoms with Crippen LogP contribution in [0.1, 0.15) is 33.5 Å². The number of carbonyl (C=O) groups excluding carboxylic acids is 1. The minimum absolute atomic E-state index is 0.0431. The minimum Gasteiger partial charge on any atom is -0.497 e. The molecule has 0 N–H and O–H groups in total. The van der Waals surface area contributed by atoms with Crippen LogP contribution in [-0.2, 0) is 6.54 Å². The Morgan fingerprint density at radius 1 is 1.10 bits per heavy atom. The molecule has 0 spiro atoms. The molecule has 1 aliphatic heterocycles. The Balaban J connectivity index is 1.76. The second kappa shape index (κ2) is 6.88. The van der Waals surface area contributed by atoms with Gasteiger partial charge in [0.1, 0.15) is 22.9 Å². The van der Waals surface area contributed by atoms with Crippen LogP contribution in [0.4, 0.5) is 4.39 Å². The summed E-state index contributed by atoms with van der Waals surface area (Å²) in [5.74, 6) is 0.121. The van der Waals surface area contributed by atoms with E-state index in [2.05, 4.69) is 0 Å². The average Bonchev–Trinajstić information content (AvgIpc) is 3.36. The summed E-state index contributed by atoms with van der Waals surface area (Å²) in [4.78, 5) is 28.1. The van der Waals surface area contributed by atoms with Gasteiger partial charge in [-0.2, -0.15) is 0 Å². The summed E-state index contributed by atoms with van der Waals surface area (Å²) < 4.78 is 30.3. The van der Waals surface area contributed by atoms with E-state index >= 15 is 0 Å². The molecule has 0 saturated carbocycles. The molecule has 1 atom stereocenters. The third kappa shape index (κ3) is 2.78. The third-order valence-corrected chi connectivity index (χ3v) is 5.24. The molecule has 0 saturated heterocycles. The molecule has 0 unspecified atom stereocenters. The van der Waals surface area contributed by atoms with Crippen LogP contribution in [-0.4, -0.2) is 17.9 Å². The van der Waals surface area contributed by atoms with Crippen molar-refractivity contribution in [3.63, 3.8) is 0 Å². The maximum atomic E-state index is 13.8. The molecule has 150 valence electrons. The smallest absolute Gasteiger partial charge is 0.291 e. The Kier molecular flexibility index (Phi) is 4.17. The molecule has 1 aliphatic rings. The van der Waals surface area contributed by atoms with Crippen molar-refractivity contribution >= 4 is 16.9 Å². The molecule has 2 aromatic heterocycles. The monoisotopic (exact) mass is 405 g/mol. The third-order valence-electron chi connectivity index (χ3n) is 5.24. The highest BCUT2D eigenvalue weighted by Gasteiger charge is 2.43. The molecule has 0 radical (unpaired) electrons. The summed E-state index contributed by atoms with van der Waals surface area (Å²) in [7, 11) is 1.54. The molecular weight excluding hydrogens is 389 g/mol. The zero-order valence-electron chi connectivity index (χ0n) is 15.9. The average molecular weight is 405 g/mol. The van der Waals surface area contributed by atoms with Crippen LogP contribution in [0.5, 0.6) is 5.75 Å². The number of amides is 1. The van der Waals surface area contributed by atoms with Crippen LogP contribution in [0.25, 0.3) is 11.0 Å². The highest BCUT2D eigenvalue weighted by Crippen LogP contribution is 2.40. The van der Waals surface area contributed by atoms with E-state index < -0.39 is 23.2 Å². The van der Waals surface area contributed by atoms with Gasteiger partial charge in [0, 0.05) is 0 Å². The fourth-order valence-electron chi connectivity index (χ4n) is 3.88. The number of halogens is 1. The molecule has 6 nitrogen and oxygen atoms in total. The number of hydrogen-bond donors (Lipinski definition) is 0. The molecule has 7 heteroatoms. The van der Waals surface area contributed by atoms with Crippen LogP contribution in [0, 0.1) is 5.82 Å². The highest BCUT2D eigenvalue weighted by molar-refractivity contribution is 5.99. The Labute approximate surface area is 170 Å². The van der Waals surface area contributed by atoms with E-state index in [9.17, 15) is 14.0 Å². The second-order valence-corrected chi connectivity index (χ2v) is 7.01. The van der Waals surface area contributed by atoms with E-state index in [1.165, 1.54) is 30.4 Å². The molecule has 4 aromatic rings. The molecule has 2 aromatic carbocycles. The Hall–Kier alpha value is -3.87. The molecule has 0 fully saturated rings. The summed E-state index contributed by atoms with van der Waals surface area (Å²) in [5.41, 5.74) is 0.584. The first-order valence-corrected chi connectivity index (χ1v) is 9.30. The highest BCUT2D eigenvalue weighted by atomic mass is 19.1. The van der Waals surface area contributed by atoms with E-state index in [0.29, 0.717) is 17.1 Å². The van der Waals surface area contributed by atoms with Gasteiger partial charge in [-0.3, -0.25) is 9.59 Å². The lowest BCUT2D eigenvalue weighted by atomic mass is 9.98. The normalized spacial score (nSPS) is 15.6. The van der Waals surface area contributed by atoms with Gasteiger partial charge in [-0.15, -0.1) is 0 Å². The zero-order chi connectivity index (χ0) is 20.8. The van der Waals surface area contributed by atoms with Gasteiger partial charge in [-0.05, 0) is 48.0 Å². The number of fused-ring (bicyclic) bond motifs is 2. The molecule has 1 amide bonds. The Morgan fingerprint density at radius 2 is 1.97 bits per heavy atom. The standard InChI is InChI=1S/C23H16FNO5/c1-28-15-5-2-4-13(10-15)20-19-21(26)17-11-14(24)7-8-18(17)30-22(19)23(27)25(20)12-16-6-3-9-29-16/h2-11,20H,12H2,1H3/t20-/m1/s1. The molecule has 30 heavy (non-hydrogen) atoms. The summed E-state index contributed by atoms with van der Waals surface area (Å²) in [6.45, 7) is 0.141. The number of furan rings is 1. The van der Waals surface area contributed by atoms with E-state index in [0.717, 1.165) is 6.07 Å². The van der Waals surface area contributed by atoms with Gasteiger partial charge >= 0.3 is 0 Å². The Morgan fingerprint density at radius 3 is 2.73 bits per heavy atom. The van der Waals surface area contributed by atoms with Gasteiger partial charge in [0.2, 0.25) is 5.76 Å². The van der Waals surface area contributed by atoms with Crippen LogP contribution < -0.4 is 10.2 Å². The SMILES string of the molecule is COc1cccc([C@@H]2c3c(oc4ccc(F)cc4c3=O)C(=O)N2Cc2ccco2)c1. The predicted octanol–water partition coefficient (Wildman–Crippen LogP) is 4.28. The minimum atomic E-state index is -0.725. The number of nitrogens with zero attached hydrogens (tertiary/aromatic N) is 1. The van der Waals surface area contributed by atoms with Crippen LogP contribution in [0.3, 0.4) is 0 Å². The van der Waals surface area contributed by atoms with Gasteiger partial charge < -0.3 is 18.5 Å². The van der Waals surface area contributed by atoms with Crippen molar-refractivity contribution in [1.82, 2.24) is 4.90 Å². The van der Waals surface area contributed by atoms with Gasteiger partial charge in [0.15, 0.2) is 5.43 Å². The first-order chi connectivity index (χ1) is 14.6. The number of benzene rings is 2. The van der Waals surface area contributed by atoms with Crippen LogP contribution in [0.15, 0.2) is 74.5 Å². The van der Waals surface area contributed by atoms with Gasteiger partial charge in [-0.25, -0.2) is 4.39 Å². The van der Waals surface area contributed by atoms with Crippen molar-refractivity contribution in [3.8, 4) is 5.75 Å². The van der Waals surface area contributed by atoms with Crippen molar-refractivity contribution in [1.29, 1.82) is 0 Å². The zero-order valence-corrected chi connectivity index (χ0v) is 15.9. The fraction of sp³-hybridized carbons (Fsp3) is 0.130. The number of rotatable bonds is 4. The number of hydrogen-bond acceptors (Lipinski definition) is 5.